The minimum absolute atomic E-state index is 0.586. The van der Waals surface area contributed by atoms with Gasteiger partial charge in [0, 0.05) is 12.5 Å². The molecule has 0 spiro atoms. The molecule has 0 amide bonds. The number of hydrogen-bond acceptors (Lipinski definition) is 1. The Morgan fingerprint density at radius 1 is 1.36 bits per heavy atom. The lowest BCUT2D eigenvalue weighted by molar-refractivity contribution is 0.458. The molecule has 0 aromatic carbocycles. The van der Waals surface area contributed by atoms with Gasteiger partial charge in [-0.05, 0) is 18.9 Å². The second-order valence-electron chi connectivity index (χ2n) is 3.41. The van der Waals surface area contributed by atoms with Crippen LogP contribution >= 0.6 is 0 Å². The van der Waals surface area contributed by atoms with Crippen molar-refractivity contribution in [3.63, 3.8) is 0 Å². The van der Waals surface area contributed by atoms with E-state index in [1.54, 1.807) is 0 Å². The molecule has 1 nitrogen and oxygen atoms in total. The van der Waals surface area contributed by atoms with E-state index in [-0.39, 0.29) is 0 Å². The minimum Gasteiger partial charge on any atom is -0.314 e. The van der Waals surface area contributed by atoms with Crippen LogP contribution in [0.5, 0.6) is 0 Å². The van der Waals surface area contributed by atoms with Gasteiger partial charge < -0.3 is 5.32 Å². The second kappa shape index (κ2) is 6.24. The summed E-state index contributed by atoms with van der Waals surface area (Å²) >= 11 is 0. The summed E-state index contributed by atoms with van der Waals surface area (Å²) in [6.45, 7) is 7.63. The molecule has 0 aliphatic carbocycles. The monoisotopic (exact) mass is 153 g/mol. The Labute approximate surface area is 70.6 Å². The summed E-state index contributed by atoms with van der Waals surface area (Å²) in [5, 5.41) is 3.39. The Balaban J connectivity index is 3.23. The standard InChI is InChI=1S/C10H19N/c1-5-6-7-10(4)8-11-9(2)3/h1,9-11H,6-8H2,2-4H3. The predicted molar refractivity (Wildman–Crippen MR) is 50.4 cm³/mol. The maximum absolute atomic E-state index is 5.16. The summed E-state index contributed by atoms with van der Waals surface area (Å²) in [5.74, 6) is 3.36. The third kappa shape index (κ3) is 7.42. The number of terminal acetylenes is 1. The Morgan fingerprint density at radius 3 is 2.45 bits per heavy atom. The van der Waals surface area contributed by atoms with Gasteiger partial charge in [0.25, 0.3) is 0 Å². The molecule has 1 heteroatoms. The molecule has 0 fully saturated rings. The summed E-state index contributed by atoms with van der Waals surface area (Å²) in [6, 6.07) is 0.586. The van der Waals surface area contributed by atoms with Crippen molar-refractivity contribution in [1.29, 1.82) is 0 Å². The molecule has 1 unspecified atom stereocenters. The van der Waals surface area contributed by atoms with E-state index in [1.807, 2.05) is 0 Å². The van der Waals surface area contributed by atoms with Crippen LogP contribution in [0.25, 0.3) is 0 Å². The molecule has 64 valence electrons. The molecule has 0 saturated carbocycles. The molecule has 0 bridgehead atoms. The van der Waals surface area contributed by atoms with Gasteiger partial charge in [0.15, 0.2) is 0 Å². The smallest absolute Gasteiger partial charge is 0.00890 e. The summed E-state index contributed by atoms with van der Waals surface area (Å²) in [4.78, 5) is 0. The quantitative estimate of drug-likeness (QED) is 0.596. The molecule has 11 heavy (non-hydrogen) atoms. The van der Waals surface area contributed by atoms with Crippen molar-refractivity contribution < 1.29 is 0 Å². The predicted octanol–water partition coefficient (Wildman–Crippen LogP) is 2.03. The normalized spacial score (nSPS) is 13.0. The first kappa shape index (κ1) is 10.5. The molecule has 1 N–H and O–H groups in total. The van der Waals surface area contributed by atoms with Gasteiger partial charge in [-0.2, -0.15) is 0 Å². The van der Waals surface area contributed by atoms with E-state index in [0.717, 1.165) is 19.4 Å². The average molecular weight is 153 g/mol. The van der Waals surface area contributed by atoms with Crippen molar-refractivity contribution in [2.45, 2.75) is 39.7 Å². The SMILES string of the molecule is C#CCCC(C)CNC(C)C. The third-order valence-corrected chi connectivity index (χ3v) is 1.66. The van der Waals surface area contributed by atoms with E-state index >= 15 is 0 Å². The molecule has 0 heterocycles. The Kier molecular flexibility index (Phi) is 5.97. The lowest BCUT2D eigenvalue weighted by Crippen LogP contribution is -2.27. The van der Waals surface area contributed by atoms with Crippen molar-refractivity contribution in [2.24, 2.45) is 5.92 Å². The molecule has 0 aromatic heterocycles. The summed E-state index contributed by atoms with van der Waals surface area (Å²) in [5.41, 5.74) is 0. The largest absolute Gasteiger partial charge is 0.314 e. The fourth-order valence-corrected chi connectivity index (χ4v) is 0.869. The van der Waals surface area contributed by atoms with Crippen molar-refractivity contribution in [1.82, 2.24) is 5.32 Å². The van der Waals surface area contributed by atoms with E-state index < -0.39 is 0 Å². The van der Waals surface area contributed by atoms with Crippen LogP contribution in [0.3, 0.4) is 0 Å². The number of hydrogen-bond donors (Lipinski definition) is 1. The third-order valence-electron chi connectivity index (χ3n) is 1.66. The van der Waals surface area contributed by atoms with Gasteiger partial charge in [0.2, 0.25) is 0 Å². The van der Waals surface area contributed by atoms with Crippen molar-refractivity contribution in [2.75, 3.05) is 6.54 Å². The van der Waals surface area contributed by atoms with Gasteiger partial charge in [-0.1, -0.05) is 20.8 Å². The van der Waals surface area contributed by atoms with Crippen molar-refractivity contribution >= 4 is 0 Å². The van der Waals surface area contributed by atoms with Gasteiger partial charge in [-0.15, -0.1) is 12.3 Å². The Bertz CT molecular complexity index is 121. The van der Waals surface area contributed by atoms with E-state index in [2.05, 4.69) is 32.0 Å². The van der Waals surface area contributed by atoms with Crippen molar-refractivity contribution in [3.8, 4) is 12.3 Å². The summed E-state index contributed by atoms with van der Waals surface area (Å²) < 4.78 is 0. The van der Waals surface area contributed by atoms with Crippen LogP contribution in [-0.4, -0.2) is 12.6 Å². The highest BCUT2D eigenvalue weighted by atomic mass is 14.9. The Hall–Kier alpha value is -0.480. The highest BCUT2D eigenvalue weighted by molar-refractivity contribution is 4.84. The number of rotatable bonds is 5. The van der Waals surface area contributed by atoms with E-state index in [1.165, 1.54) is 0 Å². The summed E-state index contributed by atoms with van der Waals surface area (Å²) in [6.07, 6.45) is 7.20. The highest BCUT2D eigenvalue weighted by Gasteiger charge is 2.00. The van der Waals surface area contributed by atoms with Crippen LogP contribution in [0, 0.1) is 18.3 Å². The molecule has 0 radical (unpaired) electrons. The second-order valence-corrected chi connectivity index (χ2v) is 3.41. The first-order valence-electron chi connectivity index (χ1n) is 4.33. The van der Waals surface area contributed by atoms with E-state index in [4.69, 9.17) is 6.42 Å². The topological polar surface area (TPSA) is 12.0 Å². The van der Waals surface area contributed by atoms with Gasteiger partial charge in [-0.25, -0.2) is 0 Å². The zero-order valence-electron chi connectivity index (χ0n) is 7.85. The highest BCUT2D eigenvalue weighted by Crippen LogP contribution is 2.02. The Morgan fingerprint density at radius 2 is 2.00 bits per heavy atom. The van der Waals surface area contributed by atoms with Crippen LogP contribution in [0.4, 0.5) is 0 Å². The van der Waals surface area contributed by atoms with E-state index in [0.29, 0.717) is 12.0 Å². The molecule has 1 atom stereocenters. The fourth-order valence-electron chi connectivity index (χ4n) is 0.869. The van der Waals surface area contributed by atoms with Crippen LogP contribution in [0.15, 0.2) is 0 Å². The zero-order valence-corrected chi connectivity index (χ0v) is 7.85. The average Bonchev–Trinajstić information content (AvgIpc) is 1.97. The molecule has 0 saturated heterocycles. The van der Waals surface area contributed by atoms with Gasteiger partial charge in [0.05, 0.1) is 0 Å². The van der Waals surface area contributed by atoms with Crippen molar-refractivity contribution in [3.05, 3.63) is 0 Å². The van der Waals surface area contributed by atoms with Crippen LogP contribution in [0.1, 0.15) is 33.6 Å². The van der Waals surface area contributed by atoms with Crippen LogP contribution < -0.4 is 5.32 Å². The maximum Gasteiger partial charge on any atom is 0.00890 e. The molecule has 0 aliphatic rings. The molecular formula is C10H19N. The van der Waals surface area contributed by atoms with Crippen LogP contribution in [-0.2, 0) is 0 Å². The lowest BCUT2D eigenvalue weighted by atomic mass is 10.1. The lowest BCUT2D eigenvalue weighted by Gasteiger charge is -2.13. The zero-order chi connectivity index (χ0) is 8.69. The minimum atomic E-state index is 0.586. The molecule has 0 aromatic rings. The van der Waals surface area contributed by atoms with Gasteiger partial charge in [-0.3, -0.25) is 0 Å². The van der Waals surface area contributed by atoms with Gasteiger partial charge in [0.1, 0.15) is 0 Å². The first-order chi connectivity index (χ1) is 5.16. The van der Waals surface area contributed by atoms with Crippen LogP contribution in [0.2, 0.25) is 0 Å². The maximum atomic E-state index is 5.16. The number of nitrogens with one attached hydrogen (secondary N) is 1. The fraction of sp³-hybridized carbons (Fsp3) is 0.800. The van der Waals surface area contributed by atoms with Gasteiger partial charge >= 0.3 is 0 Å². The molecule has 0 aliphatic heterocycles. The summed E-state index contributed by atoms with van der Waals surface area (Å²) in [7, 11) is 0. The van der Waals surface area contributed by atoms with E-state index in [9.17, 15) is 0 Å². The molecular weight excluding hydrogens is 134 g/mol. The first-order valence-corrected chi connectivity index (χ1v) is 4.33. The molecule has 0 rings (SSSR count).